The fraction of sp³-hybridized carbons (Fsp3) is 0.333. The van der Waals surface area contributed by atoms with E-state index in [-0.39, 0.29) is 0 Å². The van der Waals surface area contributed by atoms with Crippen molar-refractivity contribution < 1.29 is 8.42 Å². The van der Waals surface area contributed by atoms with Crippen LogP contribution in [-0.4, -0.2) is 30.4 Å². The van der Waals surface area contributed by atoms with Gasteiger partial charge in [0, 0.05) is 53.3 Å². The van der Waals surface area contributed by atoms with Crippen LogP contribution in [-0.2, 0) is 23.1 Å². The number of hydrogen-bond acceptors (Lipinski definition) is 3. The number of allylic oxidation sites excluding steroid dienone is 1. The summed E-state index contributed by atoms with van der Waals surface area (Å²) in [5.41, 5.74) is 6.72. The maximum absolute atomic E-state index is 11.4. The quantitative estimate of drug-likeness (QED) is 0.372. The van der Waals surface area contributed by atoms with Gasteiger partial charge in [-0.1, -0.05) is 23.8 Å². The topological polar surface area (TPSA) is 56.0 Å². The molecule has 0 spiro atoms. The van der Waals surface area contributed by atoms with Gasteiger partial charge in [-0.15, -0.1) is 11.3 Å². The highest BCUT2D eigenvalue weighted by molar-refractivity contribution is 7.88. The van der Waals surface area contributed by atoms with Gasteiger partial charge in [-0.3, -0.25) is 0 Å². The fourth-order valence-corrected chi connectivity index (χ4v) is 5.93. The molecule has 1 aliphatic rings. The largest absolute Gasteiger partial charge is 0.347 e. The molecule has 7 heteroatoms. The lowest BCUT2D eigenvalue weighted by Gasteiger charge is -2.11. The van der Waals surface area contributed by atoms with Crippen LogP contribution in [0.25, 0.3) is 26.7 Å². The van der Waals surface area contributed by atoms with E-state index in [1.807, 2.05) is 11.3 Å². The van der Waals surface area contributed by atoms with Crippen molar-refractivity contribution in [2.45, 2.75) is 39.3 Å². The summed E-state index contributed by atoms with van der Waals surface area (Å²) < 4.78 is 30.1. The molecule has 0 atom stereocenters. The summed E-state index contributed by atoms with van der Waals surface area (Å²) in [5.74, 6) is 0. The second kappa shape index (κ2) is 7.97. The van der Waals surface area contributed by atoms with E-state index in [9.17, 15) is 8.42 Å². The predicted octanol–water partition coefficient (Wildman–Crippen LogP) is 5.21. The molecule has 1 aromatic carbocycles. The number of fused-ring (bicyclic) bond motifs is 2. The van der Waals surface area contributed by atoms with Crippen LogP contribution >= 0.6 is 11.3 Å². The zero-order valence-electron chi connectivity index (χ0n) is 17.9. The number of para-hydroxylation sites is 1. The van der Waals surface area contributed by atoms with Gasteiger partial charge in [0.05, 0.1) is 11.9 Å². The van der Waals surface area contributed by atoms with Gasteiger partial charge in [0.2, 0.25) is 10.0 Å². The van der Waals surface area contributed by atoms with E-state index >= 15 is 0 Å². The first-order valence-corrected chi connectivity index (χ1v) is 13.6. The van der Waals surface area contributed by atoms with E-state index in [0.717, 1.165) is 32.4 Å². The van der Waals surface area contributed by atoms with Crippen molar-refractivity contribution in [1.82, 2.24) is 13.9 Å². The van der Waals surface area contributed by atoms with E-state index in [0.29, 0.717) is 6.54 Å². The molecule has 5 nitrogen and oxygen atoms in total. The fourth-order valence-electron chi connectivity index (χ4n) is 4.46. The van der Waals surface area contributed by atoms with Crippen LogP contribution in [0.3, 0.4) is 0 Å². The molecule has 3 aromatic heterocycles. The van der Waals surface area contributed by atoms with Crippen LogP contribution in [0.2, 0.25) is 0 Å². The number of nitrogens with zero attached hydrogens (tertiary/aromatic N) is 2. The highest BCUT2D eigenvalue weighted by Gasteiger charge is 2.26. The second-order valence-corrected chi connectivity index (χ2v) is 10.9. The normalized spacial score (nSPS) is 14.1. The Labute approximate surface area is 187 Å². The molecule has 0 bridgehead atoms. The van der Waals surface area contributed by atoms with Crippen molar-refractivity contribution in [2.75, 3.05) is 12.8 Å². The molecule has 1 N–H and O–H groups in total. The number of aromatic nitrogens is 2. The SMILES string of the molecule is CCn1c(C(=C2CC2)c2cn(CCCNS(C)(=O)=O)c3ccccc23)cc2ccsc21. The van der Waals surface area contributed by atoms with E-state index in [4.69, 9.17) is 0 Å². The number of sulfonamides is 1. The summed E-state index contributed by atoms with van der Waals surface area (Å²) in [5, 5.41) is 4.75. The van der Waals surface area contributed by atoms with Gasteiger partial charge < -0.3 is 9.13 Å². The number of nitrogens with one attached hydrogen (secondary N) is 1. The first-order chi connectivity index (χ1) is 15.0. The lowest BCUT2D eigenvalue weighted by atomic mass is 10.0. The Morgan fingerprint density at radius 2 is 2.00 bits per heavy atom. The molecule has 1 fully saturated rings. The summed E-state index contributed by atoms with van der Waals surface area (Å²) in [4.78, 5) is 1.34. The van der Waals surface area contributed by atoms with Crippen LogP contribution in [0.15, 0.2) is 53.5 Å². The third-order valence-electron chi connectivity index (χ3n) is 5.93. The molecule has 4 aromatic rings. The molecule has 162 valence electrons. The zero-order chi connectivity index (χ0) is 21.6. The van der Waals surface area contributed by atoms with Crippen molar-refractivity contribution in [2.24, 2.45) is 0 Å². The van der Waals surface area contributed by atoms with Gasteiger partial charge in [0.15, 0.2) is 0 Å². The van der Waals surface area contributed by atoms with E-state index in [1.165, 1.54) is 49.8 Å². The lowest BCUT2D eigenvalue weighted by Crippen LogP contribution is -2.23. The van der Waals surface area contributed by atoms with Crippen molar-refractivity contribution in [1.29, 1.82) is 0 Å². The van der Waals surface area contributed by atoms with Gasteiger partial charge in [0.1, 0.15) is 4.83 Å². The molecule has 0 amide bonds. The van der Waals surface area contributed by atoms with Crippen LogP contribution in [0.4, 0.5) is 0 Å². The third kappa shape index (κ3) is 3.97. The van der Waals surface area contributed by atoms with Crippen LogP contribution in [0.5, 0.6) is 0 Å². The number of thiophene rings is 1. The maximum Gasteiger partial charge on any atom is 0.208 e. The lowest BCUT2D eigenvalue weighted by molar-refractivity contribution is 0.577. The number of hydrogen-bond donors (Lipinski definition) is 1. The Hall–Kier alpha value is -2.35. The average Bonchev–Trinajstić information content (AvgIpc) is 3.20. The van der Waals surface area contributed by atoms with Gasteiger partial charge in [-0.2, -0.15) is 0 Å². The first-order valence-electron chi connectivity index (χ1n) is 10.8. The summed E-state index contributed by atoms with van der Waals surface area (Å²) in [6.45, 7) is 4.39. The monoisotopic (exact) mass is 453 g/mol. The minimum absolute atomic E-state index is 0.448. The van der Waals surface area contributed by atoms with Crippen molar-refractivity contribution in [3.8, 4) is 0 Å². The predicted molar refractivity (Wildman–Crippen MR) is 130 cm³/mol. The third-order valence-corrected chi connectivity index (χ3v) is 7.61. The standard InChI is InChI=1S/C24H27N3O2S2/c1-3-27-22(15-18-11-14-30-24(18)27)23(17-9-10-17)20-16-26(13-6-12-25-31(2,28)29)21-8-5-4-7-19(20)21/h4-5,7-8,11,14-16,25H,3,6,9-10,12-13H2,1-2H3. The number of benzene rings is 1. The van der Waals surface area contributed by atoms with Gasteiger partial charge in [-0.05, 0) is 49.8 Å². The van der Waals surface area contributed by atoms with Crippen molar-refractivity contribution in [3.05, 3.63) is 64.8 Å². The molecule has 31 heavy (non-hydrogen) atoms. The minimum Gasteiger partial charge on any atom is -0.347 e. The molecule has 0 saturated heterocycles. The Balaban J connectivity index is 1.57. The zero-order valence-corrected chi connectivity index (χ0v) is 19.5. The summed E-state index contributed by atoms with van der Waals surface area (Å²) in [7, 11) is -3.15. The number of rotatable bonds is 8. The summed E-state index contributed by atoms with van der Waals surface area (Å²) >= 11 is 1.81. The molecule has 0 unspecified atom stereocenters. The molecule has 3 heterocycles. The Kier molecular flexibility index (Phi) is 5.28. The molecular weight excluding hydrogens is 426 g/mol. The van der Waals surface area contributed by atoms with Crippen LogP contribution in [0.1, 0.15) is 37.4 Å². The highest BCUT2D eigenvalue weighted by atomic mass is 32.2. The molecule has 5 rings (SSSR count). The van der Waals surface area contributed by atoms with Gasteiger partial charge in [0.25, 0.3) is 0 Å². The molecule has 1 saturated carbocycles. The van der Waals surface area contributed by atoms with Gasteiger partial charge >= 0.3 is 0 Å². The Morgan fingerprint density at radius 1 is 1.19 bits per heavy atom. The molecular formula is C24H27N3O2S2. The number of aryl methyl sites for hydroxylation is 2. The Morgan fingerprint density at radius 3 is 2.74 bits per heavy atom. The van der Waals surface area contributed by atoms with Crippen LogP contribution < -0.4 is 4.72 Å². The molecule has 1 aliphatic carbocycles. The second-order valence-electron chi connectivity index (χ2n) is 8.21. The van der Waals surface area contributed by atoms with E-state index < -0.39 is 10.0 Å². The van der Waals surface area contributed by atoms with E-state index in [2.05, 4.69) is 68.8 Å². The average molecular weight is 454 g/mol. The van der Waals surface area contributed by atoms with E-state index in [1.54, 1.807) is 0 Å². The van der Waals surface area contributed by atoms with Crippen molar-refractivity contribution >= 4 is 48.1 Å². The smallest absolute Gasteiger partial charge is 0.208 e. The summed E-state index contributed by atoms with van der Waals surface area (Å²) in [6, 6.07) is 13.1. The van der Waals surface area contributed by atoms with Crippen molar-refractivity contribution in [3.63, 3.8) is 0 Å². The van der Waals surface area contributed by atoms with Gasteiger partial charge in [-0.25, -0.2) is 13.1 Å². The molecule has 0 radical (unpaired) electrons. The van der Waals surface area contributed by atoms with Crippen LogP contribution in [0, 0.1) is 0 Å². The molecule has 0 aliphatic heterocycles. The minimum atomic E-state index is -3.15. The Bertz CT molecular complexity index is 1400. The maximum atomic E-state index is 11.4. The first kappa shape index (κ1) is 20.5. The highest BCUT2D eigenvalue weighted by Crippen LogP contribution is 2.44. The summed E-state index contributed by atoms with van der Waals surface area (Å²) in [6.07, 6.45) is 6.55.